The van der Waals surface area contributed by atoms with E-state index < -0.39 is 15.8 Å². The van der Waals surface area contributed by atoms with Gasteiger partial charge in [-0.05, 0) is 12.1 Å². The molecule has 10 heteroatoms. The highest BCUT2D eigenvalue weighted by Crippen LogP contribution is 2.22. The molecule has 112 valence electrons. The highest BCUT2D eigenvalue weighted by atomic mass is 32.2. The number of rotatable bonds is 5. The van der Waals surface area contributed by atoms with E-state index in [-0.39, 0.29) is 22.0 Å². The fraction of sp³-hybridized carbons (Fsp3) is 0.182. The summed E-state index contributed by atoms with van der Waals surface area (Å²) in [6.07, 6.45) is 1.26. The molecule has 0 aliphatic heterocycles. The molecule has 2 aromatic rings. The minimum atomic E-state index is -3.98. The van der Waals surface area contributed by atoms with Crippen molar-refractivity contribution in [3.63, 3.8) is 0 Å². The Kier molecular flexibility index (Phi) is 4.30. The van der Waals surface area contributed by atoms with E-state index >= 15 is 0 Å². The fourth-order valence-electron chi connectivity index (χ4n) is 1.73. The van der Waals surface area contributed by atoms with Gasteiger partial charge in [0.15, 0.2) is 0 Å². The number of thiocarbonyl (C=S) groups is 1. The highest BCUT2D eigenvalue weighted by molar-refractivity contribution is 7.89. The van der Waals surface area contributed by atoms with Gasteiger partial charge in [0.2, 0.25) is 10.0 Å². The quantitative estimate of drug-likeness (QED) is 0.769. The molecule has 0 aliphatic rings. The molecule has 0 spiro atoms. The summed E-state index contributed by atoms with van der Waals surface area (Å²) in [5.74, 6) is -0.425. The standard InChI is InChI=1S/C11H12FN5O2S2/c1-17(5-9-14-6-15-16-9)21(18,19)8-4-2-3-7(12)10(8)11(13)20/h2-4,6H,5H2,1H3,(H2,13,20)(H,14,15,16). The van der Waals surface area contributed by atoms with Crippen LogP contribution in [-0.2, 0) is 16.6 Å². The molecule has 1 heterocycles. The number of aromatic amines is 1. The van der Waals surface area contributed by atoms with Crippen LogP contribution in [0.2, 0.25) is 0 Å². The molecule has 21 heavy (non-hydrogen) atoms. The average molecular weight is 329 g/mol. The van der Waals surface area contributed by atoms with Crippen LogP contribution in [-0.4, -0.2) is 39.9 Å². The lowest BCUT2D eigenvalue weighted by Crippen LogP contribution is -2.29. The Morgan fingerprint density at radius 3 is 2.81 bits per heavy atom. The topological polar surface area (TPSA) is 105 Å². The minimum absolute atomic E-state index is 0.0460. The van der Waals surface area contributed by atoms with Crippen LogP contribution in [0.15, 0.2) is 29.4 Å². The molecule has 1 aromatic heterocycles. The number of hydrogen-bond acceptors (Lipinski definition) is 5. The molecule has 2 rings (SSSR count). The van der Waals surface area contributed by atoms with Crippen LogP contribution in [0.4, 0.5) is 4.39 Å². The normalized spacial score (nSPS) is 11.8. The molecule has 0 saturated carbocycles. The zero-order valence-corrected chi connectivity index (χ0v) is 12.6. The van der Waals surface area contributed by atoms with Crippen LogP contribution in [0, 0.1) is 5.82 Å². The number of nitrogens with one attached hydrogen (secondary N) is 1. The van der Waals surface area contributed by atoms with Gasteiger partial charge in [-0.15, -0.1) is 0 Å². The van der Waals surface area contributed by atoms with E-state index in [2.05, 4.69) is 15.2 Å². The van der Waals surface area contributed by atoms with Crippen molar-refractivity contribution < 1.29 is 12.8 Å². The molecule has 0 amide bonds. The Labute approximate surface area is 126 Å². The van der Waals surface area contributed by atoms with Gasteiger partial charge < -0.3 is 5.73 Å². The molecule has 7 nitrogen and oxygen atoms in total. The Hall–Kier alpha value is -1.91. The number of nitrogens with two attached hydrogens (primary N) is 1. The number of aromatic nitrogens is 3. The van der Waals surface area contributed by atoms with Gasteiger partial charge in [-0.25, -0.2) is 17.8 Å². The lowest BCUT2D eigenvalue weighted by Gasteiger charge is -2.18. The average Bonchev–Trinajstić information content (AvgIpc) is 2.90. The second-order valence-electron chi connectivity index (χ2n) is 4.17. The van der Waals surface area contributed by atoms with Crippen molar-refractivity contribution in [1.29, 1.82) is 0 Å². The van der Waals surface area contributed by atoms with Gasteiger partial charge in [0, 0.05) is 7.05 Å². The Bertz CT molecular complexity index is 761. The van der Waals surface area contributed by atoms with Crippen LogP contribution in [0.25, 0.3) is 0 Å². The lowest BCUT2D eigenvalue weighted by atomic mass is 10.2. The summed E-state index contributed by atoms with van der Waals surface area (Å²) < 4.78 is 39.8. The first kappa shape index (κ1) is 15.5. The molecule has 0 unspecified atom stereocenters. The van der Waals surface area contributed by atoms with Gasteiger partial charge >= 0.3 is 0 Å². The van der Waals surface area contributed by atoms with E-state index in [0.29, 0.717) is 5.82 Å². The van der Waals surface area contributed by atoms with Crippen molar-refractivity contribution in [1.82, 2.24) is 19.5 Å². The van der Waals surface area contributed by atoms with Crippen molar-refractivity contribution in [2.75, 3.05) is 7.05 Å². The van der Waals surface area contributed by atoms with Crippen LogP contribution >= 0.6 is 12.2 Å². The minimum Gasteiger partial charge on any atom is -0.389 e. The van der Waals surface area contributed by atoms with E-state index in [0.717, 1.165) is 10.4 Å². The second kappa shape index (κ2) is 5.84. The maximum absolute atomic E-state index is 13.8. The van der Waals surface area contributed by atoms with Crippen molar-refractivity contribution in [2.45, 2.75) is 11.4 Å². The van der Waals surface area contributed by atoms with Crippen molar-refractivity contribution in [3.05, 3.63) is 41.7 Å². The van der Waals surface area contributed by atoms with E-state index in [1.807, 2.05) is 0 Å². The third kappa shape index (κ3) is 3.06. The number of benzene rings is 1. The molecule has 0 fully saturated rings. The Balaban J connectivity index is 2.44. The SMILES string of the molecule is CN(Cc1ncn[nH]1)S(=O)(=O)c1cccc(F)c1C(N)=S. The first-order valence-electron chi connectivity index (χ1n) is 5.73. The second-order valence-corrected chi connectivity index (χ2v) is 6.62. The number of nitrogens with zero attached hydrogens (tertiary/aromatic N) is 3. The Morgan fingerprint density at radius 2 is 2.24 bits per heavy atom. The maximum atomic E-state index is 13.8. The van der Waals surface area contributed by atoms with E-state index in [9.17, 15) is 12.8 Å². The molecule has 0 atom stereocenters. The molecule has 0 radical (unpaired) electrons. The smallest absolute Gasteiger partial charge is 0.244 e. The lowest BCUT2D eigenvalue weighted by molar-refractivity contribution is 0.456. The first-order chi connectivity index (χ1) is 9.84. The summed E-state index contributed by atoms with van der Waals surface area (Å²) in [5.41, 5.74) is 5.13. The fourth-order valence-corrected chi connectivity index (χ4v) is 3.35. The molecule has 1 aromatic carbocycles. The van der Waals surface area contributed by atoms with Gasteiger partial charge in [0.05, 0.1) is 17.0 Å². The summed E-state index contributed by atoms with van der Waals surface area (Å²) in [4.78, 5) is 3.24. The van der Waals surface area contributed by atoms with Crippen LogP contribution in [0.1, 0.15) is 11.4 Å². The molecular formula is C11H12FN5O2S2. The molecule has 3 N–H and O–H groups in total. The van der Waals surface area contributed by atoms with Crippen LogP contribution < -0.4 is 5.73 Å². The maximum Gasteiger partial charge on any atom is 0.244 e. The Morgan fingerprint density at radius 1 is 1.52 bits per heavy atom. The van der Waals surface area contributed by atoms with Gasteiger partial charge in [0.1, 0.15) is 23.0 Å². The van der Waals surface area contributed by atoms with Gasteiger partial charge in [-0.3, -0.25) is 5.10 Å². The molecule has 0 aliphatic carbocycles. The summed E-state index contributed by atoms with van der Waals surface area (Å²) in [6.45, 7) is -0.0460. The van der Waals surface area contributed by atoms with E-state index in [1.54, 1.807) is 0 Å². The summed E-state index contributed by atoms with van der Waals surface area (Å²) in [5, 5.41) is 6.18. The summed E-state index contributed by atoms with van der Waals surface area (Å²) in [7, 11) is -2.64. The third-order valence-corrected chi connectivity index (χ3v) is 4.80. The zero-order valence-electron chi connectivity index (χ0n) is 10.9. The number of H-pyrrole nitrogens is 1. The summed E-state index contributed by atoms with van der Waals surface area (Å²) >= 11 is 4.73. The number of sulfonamides is 1. The molecule has 0 bridgehead atoms. The van der Waals surface area contributed by atoms with Crippen LogP contribution in [0.3, 0.4) is 0 Å². The van der Waals surface area contributed by atoms with Crippen molar-refractivity contribution >= 4 is 27.2 Å². The molecule has 0 saturated heterocycles. The summed E-state index contributed by atoms with van der Waals surface area (Å²) in [6, 6.07) is 3.64. The number of halogens is 1. The van der Waals surface area contributed by atoms with Crippen molar-refractivity contribution in [3.8, 4) is 0 Å². The molecular weight excluding hydrogens is 317 g/mol. The predicted octanol–water partition coefficient (Wildman–Crippen LogP) is 0.399. The van der Waals surface area contributed by atoms with Gasteiger partial charge in [-0.2, -0.15) is 9.40 Å². The van der Waals surface area contributed by atoms with Crippen molar-refractivity contribution in [2.24, 2.45) is 5.73 Å². The monoisotopic (exact) mass is 329 g/mol. The third-order valence-electron chi connectivity index (χ3n) is 2.75. The predicted molar refractivity (Wildman–Crippen MR) is 77.3 cm³/mol. The van der Waals surface area contributed by atoms with E-state index in [4.69, 9.17) is 18.0 Å². The zero-order chi connectivity index (χ0) is 15.6. The first-order valence-corrected chi connectivity index (χ1v) is 7.57. The van der Waals surface area contributed by atoms with Gasteiger partial charge in [0.25, 0.3) is 0 Å². The largest absolute Gasteiger partial charge is 0.389 e. The highest BCUT2D eigenvalue weighted by Gasteiger charge is 2.27. The van der Waals surface area contributed by atoms with Crippen LogP contribution in [0.5, 0.6) is 0 Å². The van der Waals surface area contributed by atoms with Gasteiger partial charge in [-0.1, -0.05) is 18.3 Å². The number of hydrogen-bond donors (Lipinski definition) is 2. The van der Waals surface area contributed by atoms with E-state index in [1.165, 1.54) is 25.5 Å².